The number of benzene rings is 1. The highest BCUT2D eigenvalue weighted by atomic mass is 79.9. The Morgan fingerprint density at radius 1 is 1.55 bits per heavy atom. The quantitative estimate of drug-likeness (QED) is 0.832. The van der Waals surface area contributed by atoms with Gasteiger partial charge in [0.05, 0.1) is 12.2 Å². The summed E-state index contributed by atoms with van der Waals surface area (Å²) in [4.78, 5) is 14.2. The molecule has 1 aromatic rings. The monoisotopic (exact) mass is 343 g/mol. The smallest absolute Gasteiger partial charge is 0.238 e. The molecule has 1 amide bonds. The molecule has 2 N–H and O–H groups in total. The summed E-state index contributed by atoms with van der Waals surface area (Å²) in [7, 11) is 0. The van der Waals surface area contributed by atoms with Crippen molar-refractivity contribution < 1.29 is 9.18 Å². The number of nitrogens with one attached hydrogen (secondary N) is 2. The Hall–Kier alpha value is -0.980. The van der Waals surface area contributed by atoms with Crippen molar-refractivity contribution >= 4 is 27.5 Å². The van der Waals surface area contributed by atoms with E-state index in [9.17, 15) is 9.18 Å². The molecule has 20 heavy (non-hydrogen) atoms. The first-order valence-corrected chi connectivity index (χ1v) is 7.59. The number of halogens is 2. The molecule has 0 unspecified atom stereocenters. The first-order valence-electron chi connectivity index (χ1n) is 6.80. The molecule has 0 aliphatic carbocycles. The van der Waals surface area contributed by atoms with Crippen LogP contribution >= 0.6 is 15.9 Å². The highest BCUT2D eigenvalue weighted by molar-refractivity contribution is 9.10. The summed E-state index contributed by atoms with van der Waals surface area (Å²) >= 11 is 3.19. The molecule has 6 heteroatoms. The number of carbonyl (C=O) groups excluding carboxylic acids is 1. The van der Waals surface area contributed by atoms with Gasteiger partial charge < -0.3 is 10.6 Å². The van der Waals surface area contributed by atoms with Crippen molar-refractivity contribution in [2.75, 3.05) is 31.5 Å². The highest BCUT2D eigenvalue weighted by Crippen LogP contribution is 2.19. The minimum atomic E-state index is -0.430. The summed E-state index contributed by atoms with van der Waals surface area (Å²) < 4.78 is 14.3. The van der Waals surface area contributed by atoms with Crippen molar-refractivity contribution in [1.29, 1.82) is 0 Å². The minimum absolute atomic E-state index is 0.174. The molecule has 0 saturated carbocycles. The third kappa shape index (κ3) is 4.01. The van der Waals surface area contributed by atoms with Crippen LogP contribution in [0.15, 0.2) is 22.7 Å². The number of hydrogen-bond acceptors (Lipinski definition) is 3. The van der Waals surface area contributed by atoms with E-state index >= 15 is 0 Å². The van der Waals surface area contributed by atoms with Crippen LogP contribution in [0.25, 0.3) is 0 Å². The number of anilines is 1. The molecule has 1 aliphatic rings. The van der Waals surface area contributed by atoms with E-state index < -0.39 is 5.82 Å². The lowest BCUT2D eigenvalue weighted by molar-refractivity contribution is -0.118. The molecule has 110 valence electrons. The van der Waals surface area contributed by atoms with E-state index in [2.05, 4.69) is 38.4 Å². The average Bonchev–Trinajstić information content (AvgIpc) is 2.31. The van der Waals surface area contributed by atoms with Gasteiger partial charge in [-0.1, -0.05) is 22.9 Å². The summed E-state index contributed by atoms with van der Waals surface area (Å²) in [5, 5.41) is 5.83. The van der Waals surface area contributed by atoms with Gasteiger partial charge in [-0.25, -0.2) is 4.39 Å². The molecule has 4 nitrogen and oxygen atoms in total. The standard InChI is InChI=1S/C14H19BrFN3O/c1-2-5-19(11-7-17-8-11)9-14(20)18-13-4-3-10(15)6-12(13)16/h3-4,6,11,17H,2,5,7-9H2,1H3,(H,18,20). The van der Waals surface area contributed by atoms with Gasteiger partial charge in [-0.05, 0) is 31.2 Å². The van der Waals surface area contributed by atoms with Gasteiger partial charge in [0.1, 0.15) is 5.82 Å². The van der Waals surface area contributed by atoms with Gasteiger partial charge in [0, 0.05) is 23.6 Å². The largest absolute Gasteiger partial charge is 0.322 e. The second-order valence-electron chi connectivity index (χ2n) is 4.95. The van der Waals surface area contributed by atoms with Gasteiger partial charge >= 0.3 is 0 Å². The number of hydrogen-bond donors (Lipinski definition) is 2. The normalized spacial score (nSPS) is 15.2. The Morgan fingerprint density at radius 2 is 2.30 bits per heavy atom. The lowest BCUT2D eigenvalue weighted by Crippen LogP contribution is -2.58. The molecule has 1 heterocycles. The van der Waals surface area contributed by atoms with E-state index in [4.69, 9.17) is 0 Å². The van der Waals surface area contributed by atoms with Crippen molar-refractivity contribution in [1.82, 2.24) is 10.2 Å². The summed E-state index contributed by atoms with van der Waals surface area (Å²) in [6, 6.07) is 5.02. The Balaban J connectivity index is 1.93. The molecule has 1 aromatic carbocycles. The fraction of sp³-hybridized carbons (Fsp3) is 0.500. The van der Waals surface area contributed by atoms with Crippen LogP contribution in [0.5, 0.6) is 0 Å². The molecule has 0 radical (unpaired) electrons. The molecule has 0 bridgehead atoms. The topological polar surface area (TPSA) is 44.4 Å². The zero-order valence-electron chi connectivity index (χ0n) is 11.5. The van der Waals surface area contributed by atoms with Gasteiger partial charge in [-0.15, -0.1) is 0 Å². The molecule has 0 spiro atoms. The molecular weight excluding hydrogens is 325 g/mol. The van der Waals surface area contributed by atoms with Gasteiger partial charge in [0.15, 0.2) is 0 Å². The van der Waals surface area contributed by atoms with Crippen LogP contribution in [-0.2, 0) is 4.79 Å². The van der Waals surface area contributed by atoms with Gasteiger partial charge in [-0.3, -0.25) is 9.69 Å². The summed E-state index contributed by atoms with van der Waals surface area (Å²) in [6.45, 7) is 5.10. The van der Waals surface area contributed by atoms with E-state index in [0.29, 0.717) is 17.1 Å². The molecule has 0 atom stereocenters. The maximum absolute atomic E-state index is 13.7. The van der Waals surface area contributed by atoms with Crippen LogP contribution in [0.2, 0.25) is 0 Å². The third-order valence-electron chi connectivity index (χ3n) is 3.34. The third-order valence-corrected chi connectivity index (χ3v) is 3.83. The summed E-state index contributed by atoms with van der Waals surface area (Å²) in [5.74, 6) is -0.605. The maximum atomic E-state index is 13.7. The zero-order chi connectivity index (χ0) is 14.5. The Morgan fingerprint density at radius 3 is 2.85 bits per heavy atom. The molecule has 2 rings (SSSR count). The lowest BCUT2D eigenvalue weighted by Gasteiger charge is -2.37. The first kappa shape index (κ1) is 15.4. The number of nitrogens with zero attached hydrogens (tertiary/aromatic N) is 1. The fourth-order valence-corrected chi connectivity index (χ4v) is 2.51. The van der Waals surface area contributed by atoms with E-state index in [1.807, 2.05) is 0 Å². The summed E-state index contributed by atoms with van der Waals surface area (Å²) in [5.41, 5.74) is 0.224. The summed E-state index contributed by atoms with van der Waals surface area (Å²) in [6.07, 6.45) is 0.996. The van der Waals surface area contributed by atoms with Crippen molar-refractivity contribution in [3.8, 4) is 0 Å². The van der Waals surface area contributed by atoms with Crippen LogP contribution < -0.4 is 10.6 Å². The first-order chi connectivity index (χ1) is 9.60. The van der Waals surface area contributed by atoms with E-state index in [0.717, 1.165) is 26.1 Å². The number of rotatable bonds is 6. The van der Waals surface area contributed by atoms with Crippen LogP contribution in [0.4, 0.5) is 10.1 Å². The van der Waals surface area contributed by atoms with Gasteiger partial charge in [0.25, 0.3) is 0 Å². The maximum Gasteiger partial charge on any atom is 0.238 e. The second-order valence-corrected chi connectivity index (χ2v) is 5.87. The lowest BCUT2D eigenvalue weighted by atomic mass is 10.1. The van der Waals surface area contributed by atoms with Crippen molar-refractivity contribution in [2.45, 2.75) is 19.4 Å². The Kier molecular flexibility index (Phi) is 5.51. The van der Waals surface area contributed by atoms with E-state index in [1.165, 1.54) is 6.07 Å². The Labute approximate surface area is 126 Å². The van der Waals surface area contributed by atoms with E-state index in [-0.39, 0.29) is 11.6 Å². The highest BCUT2D eigenvalue weighted by Gasteiger charge is 2.25. The predicted molar refractivity (Wildman–Crippen MR) is 81.3 cm³/mol. The fourth-order valence-electron chi connectivity index (χ4n) is 2.17. The number of carbonyl (C=O) groups is 1. The van der Waals surface area contributed by atoms with E-state index in [1.54, 1.807) is 12.1 Å². The SMILES string of the molecule is CCCN(CC(=O)Nc1ccc(Br)cc1F)C1CNC1. The molecule has 0 aromatic heterocycles. The van der Waals surface area contributed by atoms with Crippen molar-refractivity contribution in [3.05, 3.63) is 28.5 Å². The van der Waals surface area contributed by atoms with Crippen LogP contribution in [0, 0.1) is 5.82 Å². The Bertz CT molecular complexity index is 479. The molecule has 1 aliphatic heterocycles. The van der Waals surface area contributed by atoms with Gasteiger partial charge in [-0.2, -0.15) is 0 Å². The van der Waals surface area contributed by atoms with Crippen LogP contribution in [0.3, 0.4) is 0 Å². The molecule has 1 saturated heterocycles. The second kappa shape index (κ2) is 7.15. The van der Waals surface area contributed by atoms with Gasteiger partial charge in [0.2, 0.25) is 5.91 Å². The predicted octanol–water partition coefficient (Wildman–Crippen LogP) is 2.21. The average molecular weight is 344 g/mol. The molecular formula is C14H19BrFN3O. The van der Waals surface area contributed by atoms with Crippen molar-refractivity contribution in [2.24, 2.45) is 0 Å². The van der Waals surface area contributed by atoms with Crippen molar-refractivity contribution in [3.63, 3.8) is 0 Å². The zero-order valence-corrected chi connectivity index (χ0v) is 13.0. The van der Waals surface area contributed by atoms with Crippen LogP contribution in [0.1, 0.15) is 13.3 Å². The minimum Gasteiger partial charge on any atom is -0.322 e. The number of amides is 1. The van der Waals surface area contributed by atoms with Crippen LogP contribution in [-0.4, -0.2) is 43.0 Å². The molecule has 1 fully saturated rings.